The first-order chi connectivity index (χ1) is 15.4. The van der Waals surface area contributed by atoms with Crippen molar-refractivity contribution in [2.75, 3.05) is 24.3 Å². The van der Waals surface area contributed by atoms with Crippen LogP contribution in [0, 0.1) is 0 Å². The maximum Gasteiger partial charge on any atom is 0.263 e. The van der Waals surface area contributed by atoms with Crippen LogP contribution >= 0.6 is 27.3 Å². The van der Waals surface area contributed by atoms with Gasteiger partial charge in [0, 0.05) is 40.4 Å². The van der Waals surface area contributed by atoms with Crippen LogP contribution in [0.2, 0.25) is 0 Å². The number of nitrogens with one attached hydrogen (secondary N) is 1. The van der Waals surface area contributed by atoms with Crippen LogP contribution in [0.1, 0.15) is 11.8 Å². The molecule has 32 heavy (non-hydrogen) atoms. The lowest BCUT2D eigenvalue weighted by atomic mass is 10.0. The number of amides is 1. The van der Waals surface area contributed by atoms with E-state index in [-0.39, 0.29) is 18.0 Å². The molecule has 0 aliphatic carbocycles. The summed E-state index contributed by atoms with van der Waals surface area (Å²) in [6, 6.07) is 15.4. The smallest absolute Gasteiger partial charge is 0.263 e. The van der Waals surface area contributed by atoms with Crippen molar-refractivity contribution in [3.63, 3.8) is 0 Å². The largest absolute Gasteiger partial charge is 0.378 e. The number of carbonyl (C=O) groups is 1. The second-order valence-electron chi connectivity index (χ2n) is 7.61. The van der Waals surface area contributed by atoms with E-state index >= 15 is 0 Å². The Morgan fingerprint density at radius 1 is 1.12 bits per heavy atom. The Kier molecular flexibility index (Phi) is 6.43. The molecule has 4 rings (SSSR count). The second-order valence-corrected chi connectivity index (χ2v) is 9.61. The number of fused-ring (bicyclic) bond motifs is 1. The summed E-state index contributed by atoms with van der Waals surface area (Å²) in [6.07, 6.45) is 2.26. The minimum atomic E-state index is -0.276. The monoisotopic (exact) mass is 510 g/mol. The number of halogens is 1. The molecule has 2 aromatic carbocycles. The minimum Gasteiger partial charge on any atom is -0.378 e. The standard InChI is InChI=1S/C24H23BrN4O2S/c1-4-19-21(15-5-7-16(25)8-6-15)22-23(32-19)26-14-29(24(22)31)13-20(30)27-17-9-11-18(12-10-17)28(2)3/h5-12,14H,4,13H2,1-3H3,(H,27,30). The molecular weight excluding hydrogens is 488 g/mol. The highest BCUT2D eigenvalue weighted by atomic mass is 79.9. The zero-order valence-electron chi connectivity index (χ0n) is 18.1. The molecule has 0 aliphatic heterocycles. The third-order valence-electron chi connectivity index (χ3n) is 5.19. The fourth-order valence-corrected chi connectivity index (χ4v) is 4.91. The van der Waals surface area contributed by atoms with Crippen LogP contribution in [0.25, 0.3) is 21.3 Å². The summed E-state index contributed by atoms with van der Waals surface area (Å²) >= 11 is 4.99. The molecule has 0 atom stereocenters. The van der Waals surface area contributed by atoms with Crippen LogP contribution in [0.4, 0.5) is 11.4 Å². The molecule has 0 saturated carbocycles. The van der Waals surface area contributed by atoms with E-state index in [2.05, 4.69) is 33.2 Å². The van der Waals surface area contributed by atoms with E-state index in [1.165, 1.54) is 22.2 Å². The molecule has 0 aliphatic rings. The molecule has 0 unspecified atom stereocenters. The van der Waals surface area contributed by atoms with Gasteiger partial charge in [-0.2, -0.15) is 0 Å². The molecular formula is C24H23BrN4O2S. The number of hydrogen-bond acceptors (Lipinski definition) is 5. The van der Waals surface area contributed by atoms with Gasteiger partial charge in [-0.3, -0.25) is 14.2 Å². The molecule has 0 radical (unpaired) electrons. The Morgan fingerprint density at radius 2 is 1.81 bits per heavy atom. The molecule has 8 heteroatoms. The lowest BCUT2D eigenvalue weighted by Crippen LogP contribution is -2.27. The van der Waals surface area contributed by atoms with Crippen molar-refractivity contribution in [1.82, 2.24) is 9.55 Å². The fraction of sp³-hybridized carbons (Fsp3) is 0.208. The van der Waals surface area contributed by atoms with Crippen LogP contribution in [0.3, 0.4) is 0 Å². The van der Waals surface area contributed by atoms with E-state index in [1.54, 1.807) is 0 Å². The Balaban J connectivity index is 1.66. The summed E-state index contributed by atoms with van der Waals surface area (Å²) in [4.78, 5) is 34.3. The topological polar surface area (TPSA) is 67.2 Å². The van der Waals surface area contributed by atoms with Crippen LogP contribution in [0.15, 0.2) is 64.1 Å². The number of thiophene rings is 1. The van der Waals surface area contributed by atoms with Gasteiger partial charge in [0.15, 0.2) is 0 Å². The van der Waals surface area contributed by atoms with Gasteiger partial charge in [-0.15, -0.1) is 11.3 Å². The van der Waals surface area contributed by atoms with Crippen LogP contribution in [0.5, 0.6) is 0 Å². The van der Waals surface area contributed by atoms with Crippen LogP contribution in [-0.2, 0) is 17.8 Å². The zero-order valence-corrected chi connectivity index (χ0v) is 20.5. The first-order valence-corrected chi connectivity index (χ1v) is 11.8. The first-order valence-electron chi connectivity index (χ1n) is 10.2. The van der Waals surface area contributed by atoms with E-state index in [0.717, 1.165) is 32.6 Å². The van der Waals surface area contributed by atoms with Crippen LogP contribution in [-0.4, -0.2) is 29.6 Å². The quantitative estimate of drug-likeness (QED) is 0.389. The Bertz CT molecular complexity index is 1330. The number of aromatic nitrogens is 2. The van der Waals surface area contributed by atoms with E-state index in [4.69, 9.17) is 0 Å². The predicted octanol–water partition coefficient (Wildman–Crippen LogP) is 5.15. The summed E-state index contributed by atoms with van der Waals surface area (Å²) < 4.78 is 2.35. The molecule has 0 spiro atoms. The molecule has 0 saturated heterocycles. The number of nitrogens with zero attached hydrogens (tertiary/aromatic N) is 3. The average molecular weight is 511 g/mol. The third-order valence-corrected chi connectivity index (χ3v) is 6.96. The Hall–Kier alpha value is -2.97. The molecule has 6 nitrogen and oxygen atoms in total. The number of carbonyl (C=O) groups excluding carboxylic acids is 1. The number of rotatable bonds is 6. The summed E-state index contributed by atoms with van der Waals surface area (Å²) in [7, 11) is 3.92. The minimum absolute atomic E-state index is 0.103. The molecule has 2 aromatic heterocycles. The normalized spacial score (nSPS) is 11.0. The van der Waals surface area contributed by atoms with E-state index < -0.39 is 0 Å². The van der Waals surface area contributed by atoms with Crippen molar-refractivity contribution in [3.05, 3.63) is 74.6 Å². The number of aryl methyl sites for hydroxylation is 1. The molecule has 0 fully saturated rings. The fourth-order valence-electron chi connectivity index (χ4n) is 3.55. The second kappa shape index (κ2) is 9.26. The Labute approximate surface area is 198 Å². The lowest BCUT2D eigenvalue weighted by Gasteiger charge is -2.13. The van der Waals surface area contributed by atoms with Gasteiger partial charge in [0.05, 0.1) is 11.7 Å². The van der Waals surface area contributed by atoms with Crippen LogP contribution < -0.4 is 15.8 Å². The van der Waals surface area contributed by atoms with Crippen molar-refractivity contribution in [3.8, 4) is 11.1 Å². The summed E-state index contributed by atoms with van der Waals surface area (Å²) in [6.45, 7) is 1.97. The molecule has 0 bridgehead atoms. The summed E-state index contributed by atoms with van der Waals surface area (Å²) in [5.41, 5.74) is 3.40. The van der Waals surface area contributed by atoms with Gasteiger partial charge in [-0.1, -0.05) is 35.0 Å². The van der Waals surface area contributed by atoms with Gasteiger partial charge in [-0.05, 0) is 48.4 Å². The molecule has 2 heterocycles. The third kappa shape index (κ3) is 4.47. The van der Waals surface area contributed by atoms with Gasteiger partial charge >= 0.3 is 0 Å². The molecule has 4 aromatic rings. The SMILES string of the molecule is CCc1sc2ncn(CC(=O)Nc3ccc(N(C)C)cc3)c(=O)c2c1-c1ccc(Br)cc1. The van der Waals surface area contributed by atoms with E-state index in [9.17, 15) is 9.59 Å². The summed E-state index contributed by atoms with van der Waals surface area (Å²) in [5.74, 6) is -0.276. The van der Waals surface area contributed by atoms with E-state index in [0.29, 0.717) is 15.9 Å². The van der Waals surface area contributed by atoms with Crippen molar-refractivity contribution in [1.29, 1.82) is 0 Å². The van der Waals surface area contributed by atoms with Gasteiger partial charge in [0.25, 0.3) is 5.56 Å². The highest BCUT2D eigenvalue weighted by Gasteiger charge is 2.19. The first kappa shape index (κ1) is 22.2. The average Bonchev–Trinajstić information content (AvgIpc) is 3.16. The highest BCUT2D eigenvalue weighted by molar-refractivity contribution is 9.10. The number of hydrogen-bond donors (Lipinski definition) is 1. The van der Waals surface area contributed by atoms with Crippen molar-refractivity contribution in [2.24, 2.45) is 0 Å². The van der Waals surface area contributed by atoms with E-state index in [1.807, 2.05) is 67.5 Å². The van der Waals surface area contributed by atoms with Gasteiger partial charge in [-0.25, -0.2) is 4.98 Å². The van der Waals surface area contributed by atoms with Crippen molar-refractivity contribution >= 4 is 54.8 Å². The maximum atomic E-state index is 13.4. The molecule has 1 amide bonds. The summed E-state index contributed by atoms with van der Waals surface area (Å²) in [5, 5.41) is 3.42. The molecule has 1 N–H and O–H groups in total. The maximum absolute atomic E-state index is 13.4. The Morgan fingerprint density at radius 3 is 2.44 bits per heavy atom. The molecule has 164 valence electrons. The van der Waals surface area contributed by atoms with Gasteiger partial charge in [0.2, 0.25) is 5.91 Å². The number of benzene rings is 2. The number of anilines is 2. The zero-order chi connectivity index (χ0) is 22.8. The van der Waals surface area contributed by atoms with Gasteiger partial charge < -0.3 is 10.2 Å². The van der Waals surface area contributed by atoms with Gasteiger partial charge in [0.1, 0.15) is 11.4 Å². The highest BCUT2D eigenvalue weighted by Crippen LogP contribution is 2.36. The van der Waals surface area contributed by atoms with Crippen molar-refractivity contribution < 1.29 is 4.79 Å². The predicted molar refractivity (Wildman–Crippen MR) is 136 cm³/mol. The van der Waals surface area contributed by atoms with Crippen molar-refractivity contribution in [2.45, 2.75) is 19.9 Å². The lowest BCUT2D eigenvalue weighted by molar-refractivity contribution is -0.116.